The molecule has 8 atom stereocenters. The maximum absolute atomic E-state index is 10.4. The second kappa shape index (κ2) is 5.10. The average Bonchev–Trinajstić information content (AvgIpc) is 2.83. The number of ether oxygens (including phenoxy) is 1. The smallest absolute Gasteiger partial charge is 0.0944 e. The van der Waals surface area contributed by atoms with Gasteiger partial charge in [0.15, 0.2) is 0 Å². The van der Waals surface area contributed by atoms with Crippen molar-refractivity contribution in [1.29, 1.82) is 0 Å². The molecule has 0 spiro atoms. The van der Waals surface area contributed by atoms with Gasteiger partial charge in [0, 0.05) is 12.5 Å². The number of hydrogen-bond donors (Lipinski definition) is 2. The average molecular weight is 318 g/mol. The number of rotatable bonds is 1. The summed E-state index contributed by atoms with van der Waals surface area (Å²) >= 11 is 0. The molecule has 0 amide bonds. The number of hydrogen-bond acceptors (Lipinski definition) is 3. The van der Waals surface area contributed by atoms with Gasteiger partial charge in [-0.1, -0.05) is 26.0 Å². The van der Waals surface area contributed by atoms with Gasteiger partial charge in [-0.3, -0.25) is 0 Å². The van der Waals surface area contributed by atoms with E-state index < -0.39 is 0 Å². The predicted molar refractivity (Wildman–Crippen MR) is 89.9 cm³/mol. The molecule has 2 saturated carbocycles. The molecule has 3 heteroatoms. The lowest BCUT2D eigenvalue weighted by molar-refractivity contribution is -0.148. The molecule has 1 unspecified atom stereocenters. The van der Waals surface area contributed by atoms with Crippen LogP contribution in [0.4, 0.5) is 0 Å². The Hall–Kier alpha value is -0.800. The molecule has 0 heterocycles. The monoisotopic (exact) mass is 318 g/mol. The second-order valence-corrected chi connectivity index (χ2v) is 8.81. The maximum Gasteiger partial charge on any atom is 0.0944 e. The fourth-order valence-electron chi connectivity index (χ4n) is 6.54. The first-order valence-electron chi connectivity index (χ1n) is 9.20. The van der Waals surface area contributed by atoms with Crippen molar-refractivity contribution in [2.45, 2.75) is 58.2 Å². The first-order valence-corrected chi connectivity index (χ1v) is 9.20. The standard InChI is InChI=1S/C20H30O3/c1-19-8-6-13(21)10-12(19)11-16(23-3)18-14-4-5-17(22)20(14,2)9-7-15(18)19/h5-6,8,12-16,18,21-22H,4,7,9-11H2,1-3H3/t12?,13-,14-,15-,16-,18-,19-,20-/m0/s1. The molecule has 2 fully saturated rings. The van der Waals surface area contributed by atoms with Gasteiger partial charge >= 0.3 is 0 Å². The van der Waals surface area contributed by atoms with Crippen molar-refractivity contribution < 1.29 is 14.9 Å². The van der Waals surface area contributed by atoms with Gasteiger partial charge in [0.05, 0.1) is 18.0 Å². The largest absolute Gasteiger partial charge is 0.512 e. The highest BCUT2D eigenvalue weighted by molar-refractivity contribution is 5.24. The Morgan fingerprint density at radius 1 is 1.22 bits per heavy atom. The summed E-state index contributed by atoms with van der Waals surface area (Å²) in [5.74, 6) is 2.69. The quantitative estimate of drug-likeness (QED) is 0.722. The fourth-order valence-corrected chi connectivity index (χ4v) is 6.54. The zero-order chi connectivity index (χ0) is 16.4. The lowest BCUT2D eigenvalue weighted by Crippen LogP contribution is -2.57. The first kappa shape index (κ1) is 15.7. The van der Waals surface area contributed by atoms with Gasteiger partial charge in [0.2, 0.25) is 0 Å². The Bertz CT molecular complexity index is 553. The van der Waals surface area contributed by atoms with E-state index in [1.54, 1.807) is 0 Å². The first-order chi connectivity index (χ1) is 10.9. The lowest BCUT2D eigenvalue weighted by Gasteiger charge is -2.60. The van der Waals surface area contributed by atoms with Gasteiger partial charge in [-0.25, -0.2) is 0 Å². The third kappa shape index (κ3) is 2.02. The molecule has 0 aliphatic heterocycles. The molecular formula is C20H30O3. The van der Waals surface area contributed by atoms with Gasteiger partial charge in [-0.2, -0.15) is 0 Å². The molecule has 0 bridgehead atoms. The summed E-state index contributed by atoms with van der Waals surface area (Å²) in [4.78, 5) is 0. The van der Waals surface area contributed by atoms with E-state index in [-0.39, 0.29) is 23.0 Å². The van der Waals surface area contributed by atoms with E-state index in [0.717, 1.165) is 32.1 Å². The van der Waals surface area contributed by atoms with Crippen molar-refractivity contribution in [3.8, 4) is 0 Å². The maximum atomic E-state index is 10.4. The Balaban J connectivity index is 1.73. The van der Waals surface area contributed by atoms with Crippen LogP contribution in [0.2, 0.25) is 0 Å². The molecule has 0 aromatic heterocycles. The van der Waals surface area contributed by atoms with E-state index in [4.69, 9.17) is 4.74 Å². The van der Waals surface area contributed by atoms with Crippen LogP contribution < -0.4 is 0 Å². The van der Waals surface area contributed by atoms with Gasteiger partial charge in [-0.05, 0) is 67.3 Å². The van der Waals surface area contributed by atoms with Crippen LogP contribution in [0.15, 0.2) is 24.0 Å². The minimum Gasteiger partial charge on any atom is -0.512 e. The lowest BCUT2D eigenvalue weighted by atomic mass is 9.45. The van der Waals surface area contributed by atoms with Gasteiger partial charge in [-0.15, -0.1) is 0 Å². The molecule has 128 valence electrons. The molecule has 3 nitrogen and oxygen atoms in total. The Morgan fingerprint density at radius 3 is 2.74 bits per heavy atom. The molecule has 23 heavy (non-hydrogen) atoms. The van der Waals surface area contributed by atoms with E-state index in [1.807, 2.05) is 13.2 Å². The number of fused-ring (bicyclic) bond motifs is 5. The molecule has 4 aliphatic rings. The van der Waals surface area contributed by atoms with Crippen LogP contribution in [0.1, 0.15) is 46.0 Å². The van der Waals surface area contributed by atoms with Crippen molar-refractivity contribution in [3.05, 3.63) is 24.0 Å². The van der Waals surface area contributed by atoms with E-state index in [2.05, 4.69) is 26.0 Å². The van der Waals surface area contributed by atoms with Crippen LogP contribution in [-0.2, 0) is 4.74 Å². The molecule has 0 aromatic carbocycles. The predicted octanol–water partition coefficient (Wildman–Crippen LogP) is 3.84. The summed E-state index contributed by atoms with van der Waals surface area (Å²) in [5, 5.41) is 20.5. The van der Waals surface area contributed by atoms with Crippen LogP contribution in [0.5, 0.6) is 0 Å². The Morgan fingerprint density at radius 2 is 2.00 bits per heavy atom. The van der Waals surface area contributed by atoms with Crippen LogP contribution in [0.3, 0.4) is 0 Å². The number of aliphatic hydroxyl groups excluding tert-OH is 2. The fraction of sp³-hybridized carbons (Fsp3) is 0.800. The Kier molecular flexibility index (Phi) is 3.48. The van der Waals surface area contributed by atoms with Gasteiger partial charge in [0.1, 0.15) is 0 Å². The number of allylic oxidation sites excluding steroid dienone is 3. The molecule has 0 saturated heterocycles. The highest BCUT2D eigenvalue weighted by atomic mass is 16.5. The van der Waals surface area contributed by atoms with Crippen LogP contribution in [0, 0.1) is 34.5 Å². The van der Waals surface area contributed by atoms with Crippen molar-refractivity contribution >= 4 is 0 Å². The molecule has 0 radical (unpaired) electrons. The highest BCUT2D eigenvalue weighted by Gasteiger charge is 2.61. The summed E-state index contributed by atoms with van der Waals surface area (Å²) in [7, 11) is 1.84. The topological polar surface area (TPSA) is 49.7 Å². The molecule has 4 aliphatic carbocycles. The van der Waals surface area contributed by atoms with E-state index in [0.29, 0.717) is 29.4 Å². The van der Waals surface area contributed by atoms with Crippen molar-refractivity contribution in [3.63, 3.8) is 0 Å². The molecule has 4 rings (SSSR count). The third-order valence-electron chi connectivity index (χ3n) is 8.00. The summed E-state index contributed by atoms with van der Waals surface area (Å²) in [6.45, 7) is 4.64. The normalized spacial score (nSPS) is 54.9. The molecule has 2 N–H and O–H groups in total. The highest BCUT2D eigenvalue weighted by Crippen LogP contribution is 2.65. The van der Waals surface area contributed by atoms with Crippen LogP contribution in [0.25, 0.3) is 0 Å². The minimum atomic E-state index is -0.298. The zero-order valence-corrected chi connectivity index (χ0v) is 14.5. The summed E-state index contributed by atoms with van der Waals surface area (Å²) in [5.41, 5.74) is 0.109. The number of methoxy groups -OCH3 is 1. The van der Waals surface area contributed by atoms with Crippen molar-refractivity contribution in [2.75, 3.05) is 7.11 Å². The summed E-state index contributed by atoms with van der Waals surface area (Å²) < 4.78 is 5.97. The van der Waals surface area contributed by atoms with Crippen LogP contribution in [-0.4, -0.2) is 29.5 Å². The number of aliphatic hydroxyl groups is 2. The van der Waals surface area contributed by atoms with Crippen molar-refractivity contribution in [1.82, 2.24) is 0 Å². The molecule has 0 aromatic rings. The van der Waals surface area contributed by atoms with Gasteiger partial charge < -0.3 is 14.9 Å². The van der Waals surface area contributed by atoms with Crippen LogP contribution >= 0.6 is 0 Å². The Labute approximate surface area is 139 Å². The van der Waals surface area contributed by atoms with E-state index in [9.17, 15) is 10.2 Å². The molecular weight excluding hydrogens is 288 g/mol. The SMILES string of the molecule is CO[C@H]1CC2C[C@@H](O)C=C[C@]2(C)[C@H]2CC[C@]3(C)C(O)=CC[C@H]3[C@H]12. The zero-order valence-electron chi connectivity index (χ0n) is 14.5. The van der Waals surface area contributed by atoms with E-state index in [1.165, 1.54) is 0 Å². The van der Waals surface area contributed by atoms with E-state index >= 15 is 0 Å². The summed E-state index contributed by atoms with van der Waals surface area (Å²) in [6, 6.07) is 0. The van der Waals surface area contributed by atoms with Gasteiger partial charge in [0.25, 0.3) is 0 Å². The third-order valence-corrected chi connectivity index (χ3v) is 8.00. The minimum absolute atomic E-state index is 0.0565. The van der Waals surface area contributed by atoms with Crippen molar-refractivity contribution in [2.24, 2.45) is 34.5 Å². The second-order valence-electron chi connectivity index (χ2n) is 8.81. The summed E-state index contributed by atoms with van der Waals surface area (Å²) in [6.07, 6.45) is 11.4.